The van der Waals surface area contributed by atoms with Crippen LogP contribution in [0, 0.1) is 11.3 Å². The van der Waals surface area contributed by atoms with Gasteiger partial charge in [0.1, 0.15) is 11.6 Å². The van der Waals surface area contributed by atoms with Crippen LogP contribution in [0.15, 0.2) is 231 Å². The van der Waals surface area contributed by atoms with E-state index in [9.17, 15) is 5.26 Å². The number of thiophene rings is 2. The Hall–Kier alpha value is -9.25. The third kappa shape index (κ3) is 5.52. The van der Waals surface area contributed by atoms with Gasteiger partial charge in [-0.3, -0.25) is 0 Å². The summed E-state index contributed by atoms with van der Waals surface area (Å²) < 4.78 is 12.2. The van der Waals surface area contributed by atoms with E-state index in [0.717, 1.165) is 105 Å². The molecule has 6 heteroatoms. The van der Waals surface area contributed by atoms with Crippen molar-refractivity contribution in [1.82, 2.24) is 13.7 Å². The predicted octanol–water partition coefficient (Wildman–Crippen LogP) is 18.9. The van der Waals surface area contributed by atoms with Crippen LogP contribution in [-0.2, 0) is 0 Å². The molecule has 0 bridgehead atoms. The molecular weight excluding hydrogens is 925 g/mol. The molecule has 5 heterocycles. The summed E-state index contributed by atoms with van der Waals surface area (Å²) in [6.07, 6.45) is 0. The Balaban J connectivity index is 1.28. The van der Waals surface area contributed by atoms with Crippen LogP contribution in [0.4, 0.5) is 0 Å². The Morgan fingerprint density at radius 1 is 0.274 bits per heavy atom. The molecular formula is C67H38N4S2. The largest absolute Gasteiger partial charge is 0.308 e. The van der Waals surface area contributed by atoms with Crippen molar-refractivity contribution in [1.29, 1.82) is 5.26 Å². The minimum absolute atomic E-state index is 0.587. The number of para-hydroxylation sites is 6. The summed E-state index contributed by atoms with van der Waals surface area (Å²) in [5.74, 6) is 0. The average Bonchev–Trinajstić information content (AvgIpc) is 4.27. The second-order valence-electron chi connectivity index (χ2n) is 19.0. The number of fused-ring (bicyclic) bond motifs is 15. The Morgan fingerprint density at radius 3 is 0.877 bits per heavy atom. The monoisotopic (exact) mass is 962 g/mol. The summed E-state index contributed by atoms with van der Waals surface area (Å²) in [5.41, 5.74) is 13.7. The molecule has 338 valence electrons. The molecule has 11 aromatic carbocycles. The molecule has 0 saturated heterocycles. The fourth-order valence-electron chi connectivity index (χ4n) is 12.4. The van der Waals surface area contributed by atoms with E-state index in [1.54, 1.807) is 0 Å². The molecule has 0 radical (unpaired) electrons. The Labute approximate surface area is 426 Å². The molecule has 0 aliphatic carbocycles. The number of nitrogens with zero attached hydrogens (tertiary/aromatic N) is 4. The van der Waals surface area contributed by atoms with Crippen LogP contribution in [0.1, 0.15) is 5.56 Å². The van der Waals surface area contributed by atoms with Crippen LogP contribution in [0.2, 0.25) is 0 Å². The van der Waals surface area contributed by atoms with Gasteiger partial charge in [-0.2, -0.15) is 5.26 Å². The van der Waals surface area contributed by atoms with Crippen molar-refractivity contribution < 1.29 is 0 Å². The second kappa shape index (κ2) is 15.4. The van der Waals surface area contributed by atoms with E-state index in [0.29, 0.717) is 5.56 Å². The standard InChI is InChI=1S/C67H38N4S2/c68-39-52-63(69-53-31-9-1-19-40(53)41-20-2-10-32-54(41)69)61(50-29-17-27-48-46-25-7-15-37-59(46)72-66(48)50)65(71-57-35-13-5-23-44(57)45-24-6-14-36-58(45)71)62(51-30-18-28-49-47-26-8-16-38-60(47)73-67(49)51)64(52)70-55-33-11-3-21-42(55)43-22-4-12-34-56(43)70/h1-38H. The van der Waals surface area contributed by atoms with Crippen molar-refractivity contribution in [2.24, 2.45) is 0 Å². The third-order valence-electron chi connectivity index (χ3n) is 15.3. The molecule has 0 unspecified atom stereocenters. The van der Waals surface area contributed by atoms with Crippen LogP contribution in [0.25, 0.3) is 145 Å². The molecule has 16 rings (SSSR count). The normalized spacial score (nSPS) is 12.1. The van der Waals surface area contributed by atoms with E-state index in [2.05, 4.69) is 250 Å². The van der Waals surface area contributed by atoms with Gasteiger partial charge in [-0.1, -0.05) is 182 Å². The van der Waals surface area contributed by atoms with Crippen LogP contribution in [-0.4, -0.2) is 13.7 Å². The summed E-state index contributed by atoms with van der Waals surface area (Å²) in [7, 11) is 0. The van der Waals surface area contributed by atoms with Gasteiger partial charge in [0.2, 0.25) is 0 Å². The SMILES string of the molecule is N#Cc1c(-n2c3ccccc3c3ccccc32)c(-c2cccc3c2sc2ccccc23)c(-n2c3ccccc3c3ccccc32)c(-c2cccc3c2sc2ccccc23)c1-n1c2ccccc2c2ccccc21. The van der Waals surface area contributed by atoms with Gasteiger partial charge in [0.15, 0.2) is 0 Å². The highest BCUT2D eigenvalue weighted by molar-refractivity contribution is 7.26. The van der Waals surface area contributed by atoms with Gasteiger partial charge < -0.3 is 13.7 Å². The molecule has 0 saturated carbocycles. The lowest BCUT2D eigenvalue weighted by Gasteiger charge is -2.29. The van der Waals surface area contributed by atoms with E-state index in [4.69, 9.17) is 0 Å². The Bertz CT molecular complexity index is 4650. The summed E-state index contributed by atoms with van der Waals surface area (Å²) in [6, 6.07) is 86.8. The molecule has 5 aromatic heterocycles. The number of hydrogen-bond donors (Lipinski definition) is 0. The average molecular weight is 963 g/mol. The van der Waals surface area contributed by atoms with Crippen LogP contribution in [0.3, 0.4) is 0 Å². The maximum atomic E-state index is 12.8. The first-order chi connectivity index (χ1) is 36.2. The van der Waals surface area contributed by atoms with Crippen molar-refractivity contribution >= 4 is 128 Å². The fourth-order valence-corrected chi connectivity index (χ4v) is 14.8. The quantitative estimate of drug-likeness (QED) is 0.169. The molecule has 0 fully saturated rings. The van der Waals surface area contributed by atoms with E-state index >= 15 is 0 Å². The zero-order valence-electron chi connectivity index (χ0n) is 39.0. The highest BCUT2D eigenvalue weighted by Gasteiger charge is 2.35. The first-order valence-electron chi connectivity index (χ1n) is 24.7. The number of nitriles is 1. The van der Waals surface area contributed by atoms with E-state index in [1.165, 1.54) is 40.3 Å². The summed E-state index contributed by atoms with van der Waals surface area (Å²) in [5, 5.41) is 24.4. The zero-order chi connectivity index (χ0) is 47.9. The predicted molar refractivity (Wildman–Crippen MR) is 311 cm³/mol. The van der Waals surface area contributed by atoms with E-state index in [1.807, 2.05) is 22.7 Å². The summed E-state index contributed by atoms with van der Waals surface area (Å²) >= 11 is 3.66. The number of benzene rings is 11. The van der Waals surface area contributed by atoms with Gasteiger partial charge in [-0.15, -0.1) is 22.7 Å². The van der Waals surface area contributed by atoms with Crippen molar-refractivity contribution in [2.45, 2.75) is 0 Å². The minimum Gasteiger partial charge on any atom is -0.308 e. The number of hydrogen-bond acceptors (Lipinski definition) is 3. The lowest BCUT2D eigenvalue weighted by atomic mass is 9.87. The fraction of sp³-hybridized carbons (Fsp3) is 0. The van der Waals surface area contributed by atoms with Crippen molar-refractivity contribution in [3.8, 4) is 45.4 Å². The topological polar surface area (TPSA) is 38.6 Å². The maximum absolute atomic E-state index is 12.8. The number of rotatable bonds is 5. The third-order valence-corrected chi connectivity index (χ3v) is 17.7. The molecule has 0 atom stereocenters. The van der Waals surface area contributed by atoms with Gasteiger partial charge in [0.25, 0.3) is 0 Å². The van der Waals surface area contributed by atoms with Crippen molar-refractivity contribution in [3.63, 3.8) is 0 Å². The van der Waals surface area contributed by atoms with E-state index in [-0.39, 0.29) is 0 Å². The molecule has 0 N–H and O–H groups in total. The van der Waals surface area contributed by atoms with E-state index < -0.39 is 0 Å². The van der Waals surface area contributed by atoms with Crippen LogP contribution < -0.4 is 0 Å². The Morgan fingerprint density at radius 2 is 0.548 bits per heavy atom. The first-order valence-corrected chi connectivity index (χ1v) is 26.3. The molecule has 0 spiro atoms. The molecule has 0 amide bonds. The maximum Gasteiger partial charge on any atom is 0.104 e. The lowest BCUT2D eigenvalue weighted by molar-refractivity contribution is 1.09. The van der Waals surface area contributed by atoms with Crippen LogP contribution >= 0.6 is 22.7 Å². The lowest BCUT2D eigenvalue weighted by Crippen LogP contribution is -2.13. The van der Waals surface area contributed by atoms with Gasteiger partial charge >= 0.3 is 0 Å². The van der Waals surface area contributed by atoms with Gasteiger partial charge in [-0.05, 0) is 48.5 Å². The van der Waals surface area contributed by atoms with Crippen molar-refractivity contribution in [2.75, 3.05) is 0 Å². The van der Waals surface area contributed by atoms with Crippen molar-refractivity contribution in [3.05, 3.63) is 236 Å². The van der Waals surface area contributed by atoms with Gasteiger partial charge in [0.05, 0.1) is 50.2 Å². The molecule has 73 heavy (non-hydrogen) atoms. The summed E-state index contributed by atoms with van der Waals surface area (Å²) in [4.78, 5) is 0. The highest BCUT2D eigenvalue weighted by Crippen LogP contribution is 2.55. The zero-order valence-corrected chi connectivity index (χ0v) is 40.7. The minimum atomic E-state index is 0.587. The number of aromatic nitrogens is 3. The smallest absolute Gasteiger partial charge is 0.104 e. The molecule has 0 aliphatic rings. The molecule has 4 nitrogen and oxygen atoms in total. The molecule has 0 aliphatic heterocycles. The van der Waals surface area contributed by atoms with Gasteiger partial charge in [0, 0.05) is 94.9 Å². The Kier molecular flexibility index (Phi) is 8.52. The second-order valence-corrected chi connectivity index (χ2v) is 21.1. The first kappa shape index (κ1) is 40.5. The summed E-state index contributed by atoms with van der Waals surface area (Å²) in [6.45, 7) is 0. The van der Waals surface area contributed by atoms with Crippen LogP contribution in [0.5, 0.6) is 0 Å². The highest BCUT2D eigenvalue weighted by atomic mass is 32.1. The molecule has 16 aromatic rings. The van der Waals surface area contributed by atoms with Gasteiger partial charge in [-0.25, -0.2) is 0 Å².